The molecule has 1 N–H and O–H groups in total. The van der Waals surface area contributed by atoms with Crippen LogP contribution in [0.5, 0.6) is 5.75 Å². The van der Waals surface area contributed by atoms with Crippen LogP contribution in [0.25, 0.3) is 0 Å². The summed E-state index contributed by atoms with van der Waals surface area (Å²) in [6.07, 6.45) is 7.06. The van der Waals surface area contributed by atoms with E-state index in [0.29, 0.717) is 13.2 Å². The van der Waals surface area contributed by atoms with E-state index in [0.717, 1.165) is 43.9 Å². The molecule has 1 saturated heterocycles. The zero-order valence-corrected chi connectivity index (χ0v) is 19.2. The average molecular weight is 445 g/mol. The van der Waals surface area contributed by atoms with Crippen LogP contribution in [0.15, 0.2) is 73.2 Å². The maximum atomic E-state index is 13.0. The minimum absolute atomic E-state index is 0.0545. The van der Waals surface area contributed by atoms with Crippen molar-refractivity contribution < 1.29 is 9.53 Å². The Bertz CT molecular complexity index is 996. The van der Waals surface area contributed by atoms with Gasteiger partial charge in [0.15, 0.2) is 0 Å². The minimum Gasteiger partial charge on any atom is -0.492 e. The van der Waals surface area contributed by atoms with Gasteiger partial charge >= 0.3 is 0 Å². The Morgan fingerprint density at radius 1 is 1.06 bits per heavy atom. The molecular formula is C27H32N4O2. The van der Waals surface area contributed by atoms with E-state index in [9.17, 15) is 4.79 Å². The summed E-state index contributed by atoms with van der Waals surface area (Å²) < 4.78 is 6.04. The lowest BCUT2D eigenvalue weighted by molar-refractivity contribution is -0.127. The lowest BCUT2D eigenvalue weighted by Crippen LogP contribution is -2.47. The van der Waals surface area contributed by atoms with Gasteiger partial charge in [-0.25, -0.2) is 0 Å². The molecule has 33 heavy (non-hydrogen) atoms. The van der Waals surface area contributed by atoms with Crippen LogP contribution < -0.4 is 10.1 Å². The fourth-order valence-corrected chi connectivity index (χ4v) is 4.36. The van der Waals surface area contributed by atoms with Gasteiger partial charge in [0.1, 0.15) is 5.75 Å². The van der Waals surface area contributed by atoms with E-state index in [4.69, 9.17) is 4.74 Å². The van der Waals surface area contributed by atoms with Crippen molar-refractivity contribution in [1.29, 1.82) is 0 Å². The van der Waals surface area contributed by atoms with E-state index in [1.807, 2.05) is 61.8 Å². The number of hydrogen-bond acceptors (Lipinski definition) is 5. The maximum absolute atomic E-state index is 13.0. The van der Waals surface area contributed by atoms with Gasteiger partial charge in [-0.1, -0.05) is 30.3 Å². The van der Waals surface area contributed by atoms with Crippen molar-refractivity contribution in [3.05, 3.63) is 90.0 Å². The van der Waals surface area contributed by atoms with Gasteiger partial charge in [-0.3, -0.25) is 19.7 Å². The van der Waals surface area contributed by atoms with Crippen LogP contribution in [0.1, 0.15) is 23.2 Å². The van der Waals surface area contributed by atoms with Crippen molar-refractivity contribution >= 4 is 5.91 Å². The van der Waals surface area contributed by atoms with Gasteiger partial charge in [0.05, 0.1) is 18.7 Å². The number of piperidine rings is 1. The Balaban J connectivity index is 1.36. The summed E-state index contributed by atoms with van der Waals surface area (Å²) in [5.41, 5.74) is 3.41. The molecule has 0 bridgehead atoms. The van der Waals surface area contributed by atoms with Gasteiger partial charge in [-0.2, -0.15) is 0 Å². The Morgan fingerprint density at radius 2 is 1.88 bits per heavy atom. The molecule has 6 heteroatoms. The van der Waals surface area contributed by atoms with E-state index >= 15 is 0 Å². The number of likely N-dealkylation sites (tertiary alicyclic amines) is 1. The molecule has 0 unspecified atom stereocenters. The highest BCUT2D eigenvalue weighted by molar-refractivity contribution is 5.79. The lowest BCUT2D eigenvalue weighted by atomic mass is 9.88. The van der Waals surface area contributed by atoms with Crippen molar-refractivity contribution in [1.82, 2.24) is 20.2 Å². The summed E-state index contributed by atoms with van der Waals surface area (Å²) in [7, 11) is 0. The molecule has 4 rings (SSSR count). The summed E-state index contributed by atoms with van der Waals surface area (Å²) in [4.78, 5) is 23.8. The molecule has 0 aliphatic carbocycles. The van der Waals surface area contributed by atoms with Gasteiger partial charge in [0.2, 0.25) is 5.91 Å². The van der Waals surface area contributed by atoms with Crippen molar-refractivity contribution in [2.75, 3.05) is 26.2 Å². The smallest absolute Gasteiger partial charge is 0.224 e. The number of aromatic nitrogens is 2. The number of carbonyl (C=O) groups excluding carboxylic acids is 1. The molecule has 3 heterocycles. The highest BCUT2D eigenvalue weighted by atomic mass is 16.5. The predicted molar refractivity (Wildman–Crippen MR) is 129 cm³/mol. The number of pyridine rings is 2. The van der Waals surface area contributed by atoms with Gasteiger partial charge in [0, 0.05) is 50.2 Å². The molecule has 1 aliphatic heterocycles. The van der Waals surface area contributed by atoms with Crippen LogP contribution in [0.4, 0.5) is 0 Å². The van der Waals surface area contributed by atoms with Crippen molar-refractivity contribution in [2.45, 2.75) is 26.3 Å². The first kappa shape index (κ1) is 22.9. The minimum atomic E-state index is -0.0545. The molecule has 1 amide bonds. The predicted octanol–water partition coefficient (Wildman–Crippen LogP) is 3.66. The van der Waals surface area contributed by atoms with Crippen LogP contribution >= 0.6 is 0 Å². The van der Waals surface area contributed by atoms with E-state index < -0.39 is 0 Å². The van der Waals surface area contributed by atoms with Gasteiger partial charge in [-0.15, -0.1) is 0 Å². The fraction of sp³-hybridized carbons (Fsp3) is 0.370. The van der Waals surface area contributed by atoms with Crippen LogP contribution in [-0.4, -0.2) is 47.0 Å². The number of aryl methyl sites for hydroxylation is 1. The van der Waals surface area contributed by atoms with Crippen molar-refractivity contribution in [3.63, 3.8) is 0 Å². The Morgan fingerprint density at radius 3 is 2.64 bits per heavy atom. The third kappa shape index (κ3) is 7.12. The number of amides is 1. The number of nitrogens with zero attached hydrogens (tertiary/aromatic N) is 3. The van der Waals surface area contributed by atoms with Crippen LogP contribution in [-0.2, 0) is 17.8 Å². The largest absolute Gasteiger partial charge is 0.492 e. The molecule has 172 valence electrons. The number of rotatable bonds is 9. The summed E-state index contributed by atoms with van der Waals surface area (Å²) in [6.45, 7) is 5.64. The summed E-state index contributed by atoms with van der Waals surface area (Å²) in [6, 6.07) is 18.2. The fourth-order valence-electron chi connectivity index (χ4n) is 4.36. The molecule has 1 aromatic carbocycles. The van der Waals surface area contributed by atoms with E-state index in [1.165, 1.54) is 11.1 Å². The Hall–Kier alpha value is -3.25. The zero-order valence-electron chi connectivity index (χ0n) is 19.2. The first-order valence-corrected chi connectivity index (χ1v) is 11.6. The third-order valence-electron chi connectivity index (χ3n) is 6.06. The molecule has 0 spiro atoms. The normalized spacial score (nSPS) is 18.6. The van der Waals surface area contributed by atoms with Gasteiger partial charge in [-0.05, 0) is 55.2 Å². The number of hydrogen-bond donors (Lipinski definition) is 1. The quantitative estimate of drug-likeness (QED) is 0.546. The van der Waals surface area contributed by atoms with Crippen molar-refractivity contribution in [2.24, 2.45) is 11.8 Å². The molecule has 2 atom stereocenters. The number of benzene rings is 1. The molecule has 6 nitrogen and oxygen atoms in total. The summed E-state index contributed by atoms with van der Waals surface area (Å²) in [5.74, 6) is 1.12. The SMILES string of the molecule is Cc1ccc(OC[C@H]2C[C@@H](C(=O)NCCc3ccccc3)CN(Cc3ccncc3)C2)cn1. The molecule has 2 aromatic heterocycles. The second-order valence-electron chi connectivity index (χ2n) is 8.82. The topological polar surface area (TPSA) is 67.3 Å². The van der Waals surface area contributed by atoms with Crippen LogP contribution in [0, 0.1) is 18.8 Å². The zero-order chi connectivity index (χ0) is 22.9. The molecule has 3 aromatic rings. The highest BCUT2D eigenvalue weighted by Crippen LogP contribution is 2.25. The molecule has 1 aliphatic rings. The van der Waals surface area contributed by atoms with E-state index in [2.05, 4.69) is 32.3 Å². The van der Waals surface area contributed by atoms with Crippen LogP contribution in [0.2, 0.25) is 0 Å². The molecule has 0 radical (unpaired) electrons. The number of ether oxygens (including phenoxy) is 1. The first-order chi connectivity index (χ1) is 16.2. The Labute approximate surface area is 196 Å². The number of carbonyl (C=O) groups is 1. The monoisotopic (exact) mass is 444 g/mol. The first-order valence-electron chi connectivity index (χ1n) is 11.6. The average Bonchev–Trinajstić information content (AvgIpc) is 2.85. The summed E-state index contributed by atoms with van der Waals surface area (Å²) >= 11 is 0. The van der Waals surface area contributed by atoms with Gasteiger partial charge < -0.3 is 10.1 Å². The molecule has 1 fully saturated rings. The van der Waals surface area contributed by atoms with E-state index in [1.54, 1.807) is 6.20 Å². The lowest BCUT2D eigenvalue weighted by Gasteiger charge is -2.37. The van der Waals surface area contributed by atoms with E-state index in [-0.39, 0.29) is 17.7 Å². The third-order valence-corrected chi connectivity index (χ3v) is 6.06. The number of nitrogens with one attached hydrogen (secondary N) is 1. The maximum Gasteiger partial charge on any atom is 0.224 e. The van der Waals surface area contributed by atoms with Crippen molar-refractivity contribution in [3.8, 4) is 5.75 Å². The van der Waals surface area contributed by atoms with Gasteiger partial charge in [0.25, 0.3) is 0 Å². The Kier molecular flexibility index (Phi) is 8.04. The van der Waals surface area contributed by atoms with Crippen LogP contribution in [0.3, 0.4) is 0 Å². The summed E-state index contributed by atoms with van der Waals surface area (Å²) in [5, 5.41) is 3.16. The molecule has 0 saturated carbocycles. The second-order valence-corrected chi connectivity index (χ2v) is 8.82. The standard InChI is InChI=1S/C27H32N4O2/c1-21-7-8-26(16-30-21)33-20-24-15-25(19-31(18-24)17-23-9-12-28-13-10-23)27(32)29-14-11-22-5-3-2-4-6-22/h2-10,12-13,16,24-25H,11,14-15,17-20H2,1H3,(H,29,32)/t24-,25+/m0/s1. The second kappa shape index (κ2) is 11.6. The molecular weight excluding hydrogens is 412 g/mol. The highest BCUT2D eigenvalue weighted by Gasteiger charge is 2.32.